The summed E-state index contributed by atoms with van der Waals surface area (Å²) in [6, 6.07) is 7.96. The monoisotopic (exact) mass is 667 g/mol. The van der Waals surface area contributed by atoms with Gasteiger partial charge in [-0.25, -0.2) is 9.59 Å². The maximum Gasteiger partial charge on any atom is 0.490 e. The van der Waals surface area contributed by atoms with Crippen molar-refractivity contribution in [1.82, 2.24) is 24.6 Å². The van der Waals surface area contributed by atoms with Crippen LogP contribution in [0.3, 0.4) is 0 Å². The van der Waals surface area contributed by atoms with Crippen LogP contribution in [0, 0.1) is 5.41 Å². The zero-order valence-electron chi connectivity index (χ0n) is 25.2. The van der Waals surface area contributed by atoms with Gasteiger partial charge in [0.25, 0.3) is 0 Å². The van der Waals surface area contributed by atoms with Crippen LogP contribution >= 0.6 is 0 Å². The van der Waals surface area contributed by atoms with Crippen LogP contribution in [0.15, 0.2) is 36.7 Å². The van der Waals surface area contributed by atoms with E-state index in [0.29, 0.717) is 32.8 Å². The van der Waals surface area contributed by atoms with Crippen molar-refractivity contribution in [2.24, 2.45) is 5.41 Å². The van der Waals surface area contributed by atoms with Crippen molar-refractivity contribution in [2.45, 2.75) is 64.5 Å². The molecule has 2 aromatic heterocycles. The van der Waals surface area contributed by atoms with Gasteiger partial charge in [0.05, 0.1) is 17.7 Å². The Balaban J connectivity index is 0.000000440. The summed E-state index contributed by atoms with van der Waals surface area (Å²) in [4.78, 5) is 52.9. The van der Waals surface area contributed by atoms with Crippen molar-refractivity contribution in [1.29, 1.82) is 0 Å². The summed E-state index contributed by atoms with van der Waals surface area (Å²) in [6.07, 6.45) is -4.95. The number of halogens is 6. The number of likely N-dealkylation sites (tertiary alicyclic amines) is 2. The van der Waals surface area contributed by atoms with Gasteiger partial charge in [-0.2, -0.15) is 31.4 Å². The number of amides is 2. The average molecular weight is 668 g/mol. The number of carbonyl (C=O) groups is 4. The molecule has 18 heteroatoms. The van der Waals surface area contributed by atoms with Crippen molar-refractivity contribution < 1.29 is 60.5 Å². The maximum atomic E-state index is 14.0. The van der Waals surface area contributed by atoms with Gasteiger partial charge in [0.2, 0.25) is 11.8 Å². The number of hydrogen-bond donors (Lipinski definition) is 2. The fourth-order valence-electron chi connectivity index (χ4n) is 5.21. The molecule has 2 aliphatic heterocycles. The zero-order valence-corrected chi connectivity index (χ0v) is 25.2. The van der Waals surface area contributed by atoms with Gasteiger partial charge >= 0.3 is 24.3 Å². The number of alkyl halides is 6. The first kappa shape index (κ1) is 38.0. The molecule has 2 aromatic rings. The number of aromatic nitrogens is 3. The van der Waals surface area contributed by atoms with Crippen molar-refractivity contribution in [3.05, 3.63) is 48.0 Å². The van der Waals surface area contributed by atoms with E-state index in [-0.39, 0.29) is 30.4 Å². The number of carboxylic acid groups (broad SMARTS) is 2. The standard InChI is InChI=1S/C24H33N5O3.2C2HF3O2/c1-4-32-16-22(30)28-15-20(21-9-12-26-29(21)18(2)3)24(17-28)10-7-13-27(23(24)31)14-19-8-5-6-11-25-19;2*3-2(4,5)1(6)7/h5-6,8-9,11-12,18,20H,4,7,10,13-17H2,1-3H3;2*(H,6,7)/t20-,24+;;/m0../s1. The molecule has 1 spiro atoms. The summed E-state index contributed by atoms with van der Waals surface area (Å²) in [5.74, 6) is -5.56. The molecule has 0 saturated carbocycles. The lowest BCUT2D eigenvalue weighted by atomic mass is 9.70. The number of hydrogen-bond acceptors (Lipinski definition) is 7. The third kappa shape index (κ3) is 9.89. The van der Waals surface area contributed by atoms with E-state index in [4.69, 9.17) is 24.5 Å². The van der Waals surface area contributed by atoms with Gasteiger partial charge in [0, 0.05) is 56.3 Å². The minimum Gasteiger partial charge on any atom is -0.475 e. The van der Waals surface area contributed by atoms with Gasteiger partial charge < -0.3 is 24.7 Å². The van der Waals surface area contributed by atoms with Crippen LogP contribution in [0.5, 0.6) is 0 Å². The summed E-state index contributed by atoms with van der Waals surface area (Å²) >= 11 is 0. The number of ether oxygens (including phenoxy) is 1. The first-order chi connectivity index (χ1) is 21.3. The van der Waals surface area contributed by atoms with E-state index in [9.17, 15) is 35.9 Å². The summed E-state index contributed by atoms with van der Waals surface area (Å²) in [5.41, 5.74) is 1.25. The molecule has 4 rings (SSSR count). The SMILES string of the molecule is CCOCC(=O)N1C[C@@H](c2ccnn2C(C)C)[C@@]2(CCCN(Cc3ccccn3)C2=O)C1.O=C(O)C(F)(F)F.O=C(O)C(F)(F)F. The topological polar surface area (TPSA) is 155 Å². The molecule has 12 nitrogen and oxygen atoms in total. The van der Waals surface area contributed by atoms with E-state index in [0.717, 1.165) is 24.2 Å². The third-order valence-corrected chi connectivity index (χ3v) is 7.20. The lowest BCUT2D eigenvalue weighted by Gasteiger charge is -2.42. The second-order valence-electron chi connectivity index (χ2n) is 10.7. The smallest absolute Gasteiger partial charge is 0.475 e. The van der Waals surface area contributed by atoms with E-state index in [1.54, 1.807) is 12.4 Å². The molecule has 2 saturated heterocycles. The Morgan fingerprint density at radius 1 is 1.04 bits per heavy atom. The van der Waals surface area contributed by atoms with Gasteiger partial charge in [-0.1, -0.05) is 6.07 Å². The molecule has 256 valence electrons. The molecule has 0 aromatic carbocycles. The number of carbonyl (C=O) groups excluding carboxylic acids is 2. The number of nitrogens with zero attached hydrogens (tertiary/aromatic N) is 5. The number of piperidine rings is 1. The molecule has 0 unspecified atom stereocenters. The molecule has 2 fully saturated rings. The minimum atomic E-state index is -5.08. The predicted molar refractivity (Wildman–Crippen MR) is 147 cm³/mol. The van der Waals surface area contributed by atoms with Gasteiger partial charge in [0.1, 0.15) is 6.61 Å². The first-order valence-corrected chi connectivity index (χ1v) is 14.0. The highest BCUT2D eigenvalue weighted by molar-refractivity contribution is 5.87. The molecule has 46 heavy (non-hydrogen) atoms. The van der Waals surface area contributed by atoms with Gasteiger partial charge in [-0.3, -0.25) is 19.3 Å². The van der Waals surface area contributed by atoms with Crippen LogP contribution in [0.2, 0.25) is 0 Å². The van der Waals surface area contributed by atoms with E-state index in [2.05, 4.69) is 23.9 Å². The molecular weight excluding hydrogens is 632 g/mol. The molecule has 2 N–H and O–H groups in total. The highest BCUT2D eigenvalue weighted by Crippen LogP contribution is 2.50. The van der Waals surface area contributed by atoms with Gasteiger partial charge in [-0.15, -0.1) is 0 Å². The van der Waals surface area contributed by atoms with Crippen molar-refractivity contribution in [2.75, 3.05) is 32.8 Å². The molecule has 0 radical (unpaired) electrons. The summed E-state index contributed by atoms with van der Waals surface area (Å²) in [7, 11) is 0. The van der Waals surface area contributed by atoms with Crippen LogP contribution in [0.1, 0.15) is 57.0 Å². The largest absolute Gasteiger partial charge is 0.490 e. The Labute approximate surface area is 259 Å². The molecule has 2 amide bonds. The highest BCUT2D eigenvalue weighted by atomic mass is 19.4. The second-order valence-corrected chi connectivity index (χ2v) is 10.7. The summed E-state index contributed by atoms with van der Waals surface area (Å²) < 4.78 is 70.9. The average Bonchev–Trinajstić information content (AvgIpc) is 3.60. The summed E-state index contributed by atoms with van der Waals surface area (Å²) in [5, 5.41) is 18.8. The van der Waals surface area contributed by atoms with Crippen LogP contribution in [-0.2, 0) is 30.5 Å². The van der Waals surface area contributed by atoms with Gasteiger partial charge in [-0.05, 0) is 51.8 Å². The molecule has 2 atom stereocenters. The Morgan fingerprint density at radius 3 is 2.15 bits per heavy atom. The third-order valence-electron chi connectivity index (χ3n) is 7.20. The molecular formula is C28H35F6N5O7. The molecule has 0 aliphatic carbocycles. The maximum absolute atomic E-state index is 14.0. The zero-order chi connectivity index (χ0) is 34.9. The van der Waals surface area contributed by atoms with Crippen LogP contribution in [0.25, 0.3) is 0 Å². The van der Waals surface area contributed by atoms with Gasteiger partial charge in [0.15, 0.2) is 0 Å². The van der Waals surface area contributed by atoms with Crippen molar-refractivity contribution in [3.63, 3.8) is 0 Å². The Morgan fingerprint density at radius 2 is 1.65 bits per heavy atom. The predicted octanol–water partition coefficient (Wildman–Crippen LogP) is 3.90. The highest BCUT2D eigenvalue weighted by Gasteiger charge is 2.57. The Bertz CT molecular complexity index is 1310. The molecule has 4 heterocycles. The van der Waals surface area contributed by atoms with E-state index in [1.807, 2.05) is 45.7 Å². The Kier molecular flexibility index (Phi) is 13.1. The minimum absolute atomic E-state index is 0.0502. The number of carboxylic acids is 2. The summed E-state index contributed by atoms with van der Waals surface area (Å²) in [6.45, 7) is 8.73. The molecule has 2 aliphatic rings. The Hall–Kier alpha value is -4.22. The first-order valence-electron chi connectivity index (χ1n) is 14.0. The van der Waals surface area contributed by atoms with E-state index in [1.165, 1.54) is 0 Å². The van der Waals surface area contributed by atoms with Crippen LogP contribution in [0.4, 0.5) is 26.3 Å². The number of pyridine rings is 1. The van der Waals surface area contributed by atoms with Crippen molar-refractivity contribution in [3.8, 4) is 0 Å². The number of aliphatic carboxylic acids is 2. The molecule has 0 bridgehead atoms. The quantitative estimate of drug-likeness (QED) is 0.419. The van der Waals surface area contributed by atoms with E-state index >= 15 is 0 Å². The normalized spacial score (nSPS) is 19.8. The van der Waals surface area contributed by atoms with Crippen molar-refractivity contribution >= 4 is 23.8 Å². The van der Waals surface area contributed by atoms with E-state index < -0.39 is 29.7 Å². The fourth-order valence-corrected chi connectivity index (χ4v) is 5.21. The second kappa shape index (κ2) is 15.9. The lowest BCUT2D eigenvalue weighted by Crippen LogP contribution is -2.52. The van der Waals surface area contributed by atoms with Crippen LogP contribution in [-0.4, -0.2) is 104 Å². The lowest BCUT2D eigenvalue weighted by molar-refractivity contribution is -0.193. The number of rotatable bonds is 7. The fraction of sp³-hybridized carbons (Fsp3) is 0.571. The van der Waals surface area contributed by atoms with Crippen LogP contribution < -0.4 is 0 Å².